The van der Waals surface area contributed by atoms with Crippen LogP contribution < -0.4 is 10.1 Å². The summed E-state index contributed by atoms with van der Waals surface area (Å²) >= 11 is 5.90. The lowest BCUT2D eigenvalue weighted by molar-refractivity contribution is -0.115. The van der Waals surface area contributed by atoms with E-state index < -0.39 is 0 Å². The third kappa shape index (κ3) is 4.61. The highest BCUT2D eigenvalue weighted by Crippen LogP contribution is 2.15. The smallest absolute Gasteiger partial charge is 0.229 e. The molecule has 128 valence electrons. The fourth-order valence-electron chi connectivity index (χ4n) is 2.48. The molecule has 0 atom stereocenters. The third-order valence-electron chi connectivity index (χ3n) is 3.73. The summed E-state index contributed by atoms with van der Waals surface area (Å²) in [5.41, 5.74) is 1.94. The van der Waals surface area contributed by atoms with Crippen molar-refractivity contribution in [2.45, 2.75) is 13.0 Å². The standard InChI is InChI=1S/C19H18ClN3O2/c1-25-17-4-2-3-15(11-17)12-19(24)22-18-9-10-21-23(18)13-14-5-7-16(20)8-6-14/h2-11H,12-13H2,1H3,(H,22,24). The van der Waals surface area contributed by atoms with Crippen LogP contribution in [0.3, 0.4) is 0 Å². The quantitative estimate of drug-likeness (QED) is 0.732. The Bertz CT molecular complexity index is 859. The fourth-order valence-corrected chi connectivity index (χ4v) is 2.61. The number of hydrogen-bond acceptors (Lipinski definition) is 3. The number of carbonyl (C=O) groups is 1. The molecule has 1 N–H and O–H groups in total. The van der Waals surface area contributed by atoms with Crippen LogP contribution in [0.4, 0.5) is 5.82 Å². The minimum Gasteiger partial charge on any atom is -0.497 e. The van der Waals surface area contributed by atoms with E-state index in [1.54, 1.807) is 24.1 Å². The molecule has 0 aliphatic heterocycles. The Labute approximate surface area is 151 Å². The maximum atomic E-state index is 12.3. The lowest BCUT2D eigenvalue weighted by Crippen LogP contribution is -2.18. The van der Waals surface area contributed by atoms with Crippen LogP contribution in [0.15, 0.2) is 60.8 Å². The van der Waals surface area contributed by atoms with Crippen LogP contribution >= 0.6 is 11.6 Å². The number of benzene rings is 2. The summed E-state index contributed by atoms with van der Waals surface area (Å²) in [4.78, 5) is 12.3. The van der Waals surface area contributed by atoms with Gasteiger partial charge in [-0.25, -0.2) is 4.68 Å². The summed E-state index contributed by atoms with van der Waals surface area (Å²) in [6, 6.07) is 16.8. The Kier molecular flexibility index (Phi) is 5.36. The molecule has 0 aliphatic rings. The van der Waals surface area contributed by atoms with Crippen molar-refractivity contribution in [3.8, 4) is 5.75 Å². The number of halogens is 1. The van der Waals surface area contributed by atoms with E-state index in [-0.39, 0.29) is 12.3 Å². The van der Waals surface area contributed by atoms with Crippen LogP contribution in [0.1, 0.15) is 11.1 Å². The van der Waals surface area contributed by atoms with E-state index in [4.69, 9.17) is 16.3 Å². The van der Waals surface area contributed by atoms with Gasteiger partial charge in [-0.3, -0.25) is 4.79 Å². The Balaban J connectivity index is 1.65. The highest BCUT2D eigenvalue weighted by Gasteiger charge is 2.09. The third-order valence-corrected chi connectivity index (χ3v) is 3.98. The largest absolute Gasteiger partial charge is 0.497 e. The Morgan fingerprint density at radius 3 is 2.72 bits per heavy atom. The summed E-state index contributed by atoms with van der Waals surface area (Å²) in [5, 5.41) is 7.86. The number of anilines is 1. The molecule has 0 saturated carbocycles. The van der Waals surface area contributed by atoms with Crippen molar-refractivity contribution in [3.05, 3.63) is 76.9 Å². The Morgan fingerprint density at radius 2 is 1.96 bits per heavy atom. The zero-order valence-corrected chi connectivity index (χ0v) is 14.5. The van der Waals surface area contributed by atoms with Gasteiger partial charge < -0.3 is 10.1 Å². The van der Waals surface area contributed by atoms with Crippen molar-refractivity contribution in [3.63, 3.8) is 0 Å². The number of nitrogens with one attached hydrogen (secondary N) is 1. The minimum absolute atomic E-state index is 0.105. The molecule has 3 rings (SSSR count). The minimum atomic E-state index is -0.105. The first-order chi connectivity index (χ1) is 12.1. The summed E-state index contributed by atoms with van der Waals surface area (Å²) in [6.07, 6.45) is 1.93. The Morgan fingerprint density at radius 1 is 1.16 bits per heavy atom. The monoisotopic (exact) mass is 355 g/mol. The molecule has 0 radical (unpaired) electrons. The van der Waals surface area contributed by atoms with Gasteiger partial charge in [0.2, 0.25) is 5.91 Å². The topological polar surface area (TPSA) is 56.1 Å². The van der Waals surface area contributed by atoms with Gasteiger partial charge in [-0.1, -0.05) is 35.9 Å². The highest BCUT2D eigenvalue weighted by molar-refractivity contribution is 6.30. The number of aromatic nitrogens is 2. The van der Waals surface area contributed by atoms with Crippen LogP contribution in [-0.4, -0.2) is 22.8 Å². The molecule has 1 amide bonds. The second kappa shape index (κ2) is 7.85. The van der Waals surface area contributed by atoms with Gasteiger partial charge in [0, 0.05) is 11.1 Å². The predicted octanol–water partition coefficient (Wildman–Crippen LogP) is 3.77. The molecule has 0 aliphatic carbocycles. The molecule has 1 aromatic heterocycles. The normalized spacial score (nSPS) is 10.5. The van der Waals surface area contributed by atoms with Gasteiger partial charge in [0.25, 0.3) is 0 Å². The van der Waals surface area contributed by atoms with E-state index in [0.717, 1.165) is 16.9 Å². The molecule has 1 heterocycles. The van der Waals surface area contributed by atoms with Gasteiger partial charge in [0.1, 0.15) is 11.6 Å². The second-order valence-corrected chi connectivity index (χ2v) is 6.01. The summed E-state index contributed by atoms with van der Waals surface area (Å²) in [5.74, 6) is 1.28. The number of methoxy groups -OCH3 is 1. The van der Waals surface area contributed by atoms with Gasteiger partial charge >= 0.3 is 0 Å². The van der Waals surface area contributed by atoms with E-state index in [1.807, 2.05) is 48.5 Å². The van der Waals surface area contributed by atoms with Gasteiger partial charge in [0.15, 0.2) is 0 Å². The molecular weight excluding hydrogens is 338 g/mol. The van der Waals surface area contributed by atoms with Crippen molar-refractivity contribution in [1.29, 1.82) is 0 Å². The van der Waals surface area contributed by atoms with Crippen molar-refractivity contribution in [1.82, 2.24) is 9.78 Å². The van der Waals surface area contributed by atoms with Crippen molar-refractivity contribution < 1.29 is 9.53 Å². The van der Waals surface area contributed by atoms with Gasteiger partial charge in [-0.15, -0.1) is 0 Å². The number of amides is 1. The molecule has 5 nitrogen and oxygen atoms in total. The van der Waals surface area contributed by atoms with Crippen LogP contribution in [-0.2, 0) is 17.8 Å². The summed E-state index contributed by atoms with van der Waals surface area (Å²) in [6.45, 7) is 0.555. The molecule has 2 aromatic carbocycles. The van der Waals surface area contributed by atoms with Crippen LogP contribution in [0.25, 0.3) is 0 Å². The maximum Gasteiger partial charge on any atom is 0.229 e. The van der Waals surface area contributed by atoms with E-state index in [1.165, 1.54) is 0 Å². The van der Waals surface area contributed by atoms with Crippen molar-refractivity contribution in [2.75, 3.05) is 12.4 Å². The fraction of sp³-hybridized carbons (Fsp3) is 0.158. The number of hydrogen-bond donors (Lipinski definition) is 1. The molecule has 0 fully saturated rings. The first-order valence-corrected chi connectivity index (χ1v) is 8.21. The molecule has 25 heavy (non-hydrogen) atoms. The van der Waals surface area contributed by atoms with Gasteiger partial charge in [0.05, 0.1) is 26.3 Å². The van der Waals surface area contributed by atoms with E-state index in [2.05, 4.69) is 10.4 Å². The molecule has 0 spiro atoms. The predicted molar refractivity (Wildman–Crippen MR) is 98.1 cm³/mol. The van der Waals surface area contributed by atoms with Crippen molar-refractivity contribution >= 4 is 23.3 Å². The highest BCUT2D eigenvalue weighted by atomic mass is 35.5. The lowest BCUT2D eigenvalue weighted by atomic mass is 10.1. The lowest BCUT2D eigenvalue weighted by Gasteiger charge is -2.10. The average Bonchev–Trinajstić information content (AvgIpc) is 3.03. The molecule has 0 saturated heterocycles. The zero-order valence-electron chi connectivity index (χ0n) is 13.8. The first-order valence-electron chi connectivity index (χ1n) is 7.83. The Hall–Kier alpha value is -2.79. The van der Waals surface area contributed by atoms with Crippen LogP contribution in [0, 0.1) is 0 Å². The summed E-state index contributed by atoms with van der Waals surface area (Å²) in [7, 11) is 1.61. The van der Waals surface area contributed by atoms with Crippen LogP contribution in [0.5, 0.6) is 5.75 Å². The average molecular weight is 356 g/mol. The molecule has 0 unspecified atom stereocenters. The number of carbonyl (C=O) groups excluding carboxylic acids is 1. The van der Waals surface area contributed by atoms with E-state index in [9.17, 15) is 4.79 Å². The van der Waals surface area contributed by atoms with Crippen LogP contribution in [0.2, 0.25) is 5.02 Å². The summed E-state index contributed by atoms with van der Waals surface area (Å²) < 4.78 is 6.92. The number of nitrogens with zero attached hydrogens (tertiary/aromatic N) is 2. The van der Waals surface area contributed by atoms with E-state index in [0.29, 0.717) is 17.4 Å². The zero-order chi connectivity index (χ0) is 17.6. The SMILES string of the molecule is COc1cccc(CC(=O)Nc2ccnn2Cc2ccc(Cl)cc2)c1. The first kappa shape index (κ1) is 17.0. The molecular formula is C19H18ClN3O2. The van der Waals surface area contributed by atoms with E-state index >= 15 is 0 Å². The number of rotatable bonds is 6. The maximum absolute atomic E-state index is 12.3. The number of ether oxygens (including phenoxy) is 1. The van der Waals surface area contributed by atoms with Crippen molar-refractivity contribution in [2.24, 2.45) is 0 Å². The van der Waals surface area contributed by atoms with Gasteiger partial charge in [-0.2, -0.15) is 5.10 Å². The molecule has 3 aromatic rings. The van der Waals surface area contributed by atoms with Gasteiger partial charge in [-0.05, 0) is 35.4 Å². The molecule has 6 heteroatoms. The molecule has 0 bridgehead atoms. The second-order valence-electron chi connectivity index (χ2n) is 5.58.